The van der Waals surface area contributed by atoms with Gasteiger partial charge in [0, 0.05) is 0 Å². The highest BCUT2D eigenvalue weighted by atomic mass is 79.9. The predicted molar refractivity (Wildman–Crippen MR) is 69.4 cm³/mol. The molecule has 0 heterocycles. The van der Waals surface area contributed by atoms with Crippen molar-refractivity contribution >= 4 is 56.2 Å². The Bertz CT molecular complexity index is 637. The normalized spacial score (nSPS) is 9.90. The first-order valence-corrected chi connectivity index (χ1v) is 6.17. The molecule has 0 aliphatic heterocycles. The largest absolute Gasteiger partial charge is 0.478 e. The van der Waals surface area contributed by atoms with Gasteiger partial charge in [0.25, 0.3) is 6.47 Å². The summed E-state index contributed by atoms with van der Waals surface area (Å²) >= 11 is 5.46. The van der Waals surface area contributed by atoms with E-state index < -0.39 is 49.3 Å². The Morgan fingerprint density at radius 3 is 1.60 bits per heavy atom. The number of carboxylic acid groups (broad SMARTS) is 3. The molecule has 0 bridgehead atoms. The summed E-state index contributed by atoms with van der Waals surface area (Å²) in [4.78, 5) is 43.8. The van der Waals surface area contributed by atoms with E-state index in [0.717, 1.165) is 0 Å². The summed E-state index contributed by atoms with van der Waals surface area (Å²) < 4.78 is 3.46. The van der Waals surface area contributed by atoms with E-state index in [1.165, 1.54) is 0 Å². The van der Waals surface area contributed by atoms with Gasteiger partial charge < -0.3 is 20.1 Å². The average molecular weight is 412 g/mol. The Morgan fingerprint density at radius 2 is 1.25 bits per heavy atom. The zero-order valence-electron chi connectivity index (χ0n) is 9.22. The number of carboxylic acids is 3. The van der Waals surface area contributed by atoms with Crippen LogP contribution in [0.5, 0.6) is 5.75 Å². The number of carbonyl (C=O) groups excluding carboxylic acids is 1. The monoisotopic (exact) mass is 410 g/mol. The quantitative estimate of drug-likeness (QED) is 0.624. The third kappa shape index (κ3) is 2.65. The van der Waals surface area contributed by atoms with Gasteiger partial charge in [-0.15, -0.1) is 0 Å². The van der Waals surface area contributed by atoms with Crippen LogP contribution in [-0.4, -0.2) is 39.7 Å². The van der Waals surface area contributed by atoms with E-state index in [0.29, 0.717) is 0 Å². The van der Waals surface area contributed by atoms with Crippen LogP contribution in [0.25, 0.3) is 0 Å². The Hall–Kier alpha value is -1.94. The van der Waals surface area contributed by atoms with Gasteiger partial charge in [-0.25, -0.2) is 14.4 Å². The van der Waals surface area contributed by atoms with Crippen molar-refractivity contribution in [1.29, 1.82) is 0 Å². The average Bonchev–Trinajstić information content (AvgIpc) is 2.31. The highest BCUT2D eigenvalue weighted by Gasteiger charge is 2.32. The summed E-state index contributed by atoms with van der Waals surface area (Å²) in [5.41, 5.74) is -2.21. The van der Waals surface area contributed by atoms with Gasteiger partial charge in [-0.05, 0) is 31.9 Å². The van der Waals surface area contributed by atoms with Crippen molar-refractivity contribution in [3.63, 3.8) is 0 Å². The minimum atomic E-state index is -1.66. The maximum atomic E-state index is 11.1. The molecule has 0 unspecified atom stereocenters. The summed E-state index contributed by atoms with van der Waals surface area (Å²) in [6, 6.07) is 0. The number of ether oxygens (including phenoxy) is 1. The molecule has 106 valence electrons. The highest BCUT2D eigenvalue weighted by Crippen LogP contribution is 2.41. The van der Waals surface area contributed by atoms with Crippen LogP contribution in [0.4, 0.5) is 0 Å². The van der Waals surface area contributed by atoms with Crippen molar-refractivity contribution < 1.29 is 39.2 Å². The van der Waals surface area contributed by atoms with Gasteiger partial charge in [-0.2, -0.15) is 0 Å². The summed E-state index contributed by atoms with van der Waals surface area (Å²) in [7, 11) is 0. The number of hydrogen-bond donors (Lipinski definition) is 3. The van der Waals surface area contributed by atoms with Crippen molar-refractivity contribution in [2.24, 2.45) is 0 Å². The minimum absolute atomic E-state index is 0.106. The molecular formula is C10H4Br2O8. The smallest absolute Gasteiger partial charge is 0.340 e. The lowest BCUT2D eigenvalue weighted by molar-refractivity contribution is -0.120. The van der Waals surface area contributed by atoms with Crippen LogP contribution >= 0.6 is 31.9 Å². The Morgan fingerprint density at radius 1 is 0.850 bits per heavy atom. The maximum Gasteiger partial charge on any atom is 0.340 e. The standard InChI is InChI=1S/C10H4Br2O8/c11-5-2(8(14)15)3(9(16)17)6(12)7(20-1-13)4(5)10(18)19/h1H,(H,14,15)(H,16,17)(H,18,19). The SMILES string of the molecule is O=COc1c(Br)c(C(=O)O)c(C(=O)O)c(Br)c1C(=O)O. The van der Waals surface area contributed by atoms with Crippen LogP contribution in [0, 0.1) is 0 Å². The molecule has 8 nitrogen and oxygen atoms in total. The van der Waals surface area contributed by atoms with E-state index in [1.54, 1.807) is 0 Å². The van der Waals surface area contributed by atoms with Gasteiger partial charge in [0.15, 0.2) is 5.75 Å². The van der Waals surface area contributed by atoms with Crippen LogP contribution in [0.15, 0.2) is 8.95 Å². The fourth-order valence-electron chi connectivity index (χ4n) is 1.42. The number of aromatic carboxylic acids is 3. The van der Waals surface area contributed by atoms with Crippen molar-refractivity contribution in [1.82, 2.24) is 0 Å². The van der Waals surface area contributed by atoms with Crippen LogP contribution in [0.1, 0.15) is 31.1 Å². The molecule has 10 heteroatoms. The molecule has 0 radical (unpaired) electrons. The van der Waals surface area contributed by atoms with Gasteiger partial charge in [0.05, 0.1) is 20.1 Å². The Balaban J connectivity index is 3.98. The van der Waals surface area contributed by atoms with Crippen LogP contribution in [0.3, 0.4) is 0 Å². The molecule has 0 saturated carbocycles. The Kier molecular flexibility index (Phi) is 4.84. The molecule has 0 aliphatic carbocycles. The Labute approximate surface area is 127 Å². The topological polar surface area (TPSA) is 138 Å². The number of hydrogen-bond acceptors (Lipinski definition) is 5. The molecule has 0 aliphatic rings. The third-order valence-electron chi connectivity index (χ3n) is 2.14. The van der Waals surface area contributed by atoms with Gasteiger partial charge in [-0.1, -0.05) is 0 Å². The molecular weight excluding hydrogens is 408 g/mol. The summed E-state index contributed by atoms with van der Waals surface area (Å²) in [6.45, 7) is -0.106. The number of benzene rings is 1. The maximum absolute atomic E-state index is 11.1. The van der Waals surface area contributed by atoms with E-state index in [9.17, 15) is 19.2 Å². The minimum Gasteiger partial charge on any atom is -0.478 e. The molecule has 1 rings (SSSR count). The summed E-state index contributed by atoms with van der Waals surface area (Å²) in [5.74, 6) is -5.51. The number of carbonyl (C=O) groups is 4. The molecule has 0 aromatic heterocycles. The van der Waals surface area contributed by atoms with Gasteiger partial charge in [-0.3, -0.25) is 4.79 Å². The fourth-order valence-corrected chi connectivity index (χ4v) is 2.80. The van der Waals surface area contributed by atoms with Crippen molar-refractivity contribution in [2.45, 2.75) is 0 Å². The van der Waals surface area contributed by atoms with Gasteiger partial charge >= 0.3 is 17.9 Å². The molecule has 0 spiro atoms. The molecule has 0 atom stereocenters. The first-order valence-electron chi connectivity index (χ1n) is 4.59. The molecule has 0 saturated heterocycles. The van der Waals surface area contributed by atoms with Crippen LogP contribution < -0.4 is 4.74 Å². The lowest BCUT2D eigenvalue weighted by Gasteiger charge is -2.14. The lowest BCUT2D eigenvalue weighted by atomic mass is 10.0. The molecule has 0 amide bonds. The second-order valence-corrected chi connectivity index (χ2v) is 4.80. The van der Waals surface area contributed by atoms with Crippen molar-refractivity contribution in [3.05, 3.63) is 25.6 Å². The van der Waals surface area contributed by atoms with E-state index in [2.05, 4.69) is 36.6 Å². The van der Waals surface area contributed by atoms with Crippen LogP contribution in [-0.2, 0) is 4.79 Å². The third-order valence-corrected chi connectivity index (χ3v) is 3.69. The second-order valence-electron chi connectivity index (χ2n) is 3.21. The molecule has 20 heavy (non-hydrogen) atoms. The highest BCUT2D eigenvalue weighted by molar-refractivity contribution is 9.11. The van der Waals surface area contributed by atoms with E-state index in [4.69, 9.17) is 15.3 Å². The molecule has 3 N–H and O–H groups in total. The molecule has 0 fully saturated rings. The van der Waals surface area contributed by atoms with Crippen LogP contribution in [0.2, 0.25) is 0 Å². The van der Waals surface area contributed by atoms with E-state index in [-0.39, 0.29) is 6.47 Å². The molecule has 1 aromatic rings. The zero-order valence-corrected chi connectivity index (χ0v) is 12.4. The second kappa shape index (κ2) is 6.01. The van der Waals surface area contributed by atoms with E-state index >= 15 is 0 Å². The summed E-state index contributed by atoms with van der Waals surface area (Å²) in [6.07, 6.45) is 0. The van der Waals surface area contributed by atoms with E-state index in [1.807, 2.05) is 0 Å². The van der Waals surface area contributed by atoms with Crippen molar-refractivity contribution in [2.75, 3.05) is 0 Å². The van der Waals surface area contributed by atoms with Gasteiger partial charge in [0.2, 0.25) is 0 Å². The van der Waals surface area contributed by atoms with Gasteiger partial charge in [0.1, 0.15) is 5.56 Å². The lowest BCUT2D eigenvalue weighted by Crippen LogP contribution is -2.15. The number of rotatable bonds is 5. The number of halogens is 2. The zero-order chi connectivity index (χ0) is 15.6. The predicted octanol–water partition coefficient (Wildman–Crippen LogP) is 1.84. The fraction of sp³-hybridized carbons (Fsp3) is 0. The summed E-state index contributed by atoms with van der Waals surface area (Å²) in [5, 5.41) is 27.1. The first kappa shape index (κ1) is 16.1. The first-order chi connectivity index (χ1) is 9.23. The molecule has 1 aromatic carbocycles. The van der Waals surface area contributed by atoms with Crippen molar-refractivity contribution in [3.8, 4) is 5.75 Å².